The number of cyclic esters (lactones) is 1. The molecule has 1 aliphatic rings. The summed E-state index contributed by atoms with van der Waals surface area (Å²) in [5.74, 6) is -1.53. The number of rotatable bonds is 10. The van der Waals surface area contributed by atoms with Gasteiger partial charge in [-0.1, -0.05) is 112 Å². The SMILES string of the molecule is CCC(C)(CC(C)(C)C(=O)OC1C(=O)OCC1(C)C)C(=O)OC(c1ccccc1)(c1ccccc1)c1ccccc1. The van der Waals surface area contributed by atoms with Gasteiger partial charge in [-0.15, -0.1) is 0 Å². The lowest BCUT2D eigenvalue weighted by Gasteiger charge is -2.40. The standard InChI is InChI=1S/C35H40O6/c1-7-34(6,23-32(2,3)30(37)40-28-29(36)39-24-33(28,4)5)31(38)41-35(25-17-11-8-12-18-25,26-19-13-9-14-20-26)27-21-15-10-16-22-27/h8-22,28H,7,23-24H2,1-6H3. The summed E-state index contributed by atoms with van der Waals surface area (Å²) in [5, 5.41) is 0. The van der Waals surface area contributed by atoms with Crippen LogP contribution >= 0.6 is 0 Å². The Morgan fingerprint density at radius 3 is 1.61 bits per heavy atom. The number of benzene rings is 3. The van der Waals surface area contributed by atoms with Crippen LogP contribution in [0.1, 0.15) is 71.1 Å². The fourth-order valence-electron chi connectivity index (χ4n) is 5.55. The second-order valence-electron chi connectivity index (χ2n) is 12.5. The van der Waals surface area contributed by atoms with E-state index in [1.807, 2.05) is 119 Å². The van der Waals surface area contributed by atoms with Crippen molar-refractivity contribution in [1.82, 2.24) is 0 Å². The first kappa shape index (κ1) is 30.0. The number of esters is 3. The third-order valence-corrected chi connectivity index (χ3v) is 8.18. The van der Waals surface area contributed by atoms with Gasteiger partial charge in [0.25, 0.3) is 0 Å². The normalized spacial score (nSPS) is 18.2. The van der Waals surface area contributed by atoms with Crippen LogP contribution in [0.15, 0.2) is 91.0 Å². The fraction of sp³-hybridized carbons (Fsp3) is 0.400. The molecule has 216 valence electrons. The molecule has 1 fully saturated rings. The van der Waals surface area contributed by atoms with E-state index in [4.69, 9.17) is 14.2 Å². The fourth-order valence-corrected chi connectivity index (χ4v) is 5.55. The van der Waals surface area contributed by atoms with Crippen molar-refractivity contribution in [2.75, 3.05) is 6.61 Å². The maximum Gasteiger partial charge on any atom is 0.348 e. The van der Waals surface area contributed by atoms with Gasteiger partial charge in [0.05, 0.1) is 10.8 Å². The molecule has 0 N–H and O–H groups in total. The van der Waals surface area contributed by atoms with Crippen LogP contribution in [0.2, 0.25) is 0 Å². The first-order chi connectivity index (χ1) is 19.4. The Labute approximate surface area is 243 Å². The molecular formula is C35H40O6. The Kier molecular flexibility index (Phi) is 8.44. The van der Waals surface area contributed by atoms with E-state index in [1.165, 1.54) is 0 Å². The van der Waals surface area contributed by atoms with Gasteiger partial charge >= 0.3 is 17.9 Å². The summed E-state index contributed by atoms with van der Waals surface area (Å²) in [4.78, 5) is 40.1. The van der Waals surface area contributed by atoms with Crippen LogP contribution in [-0.2, 0) is 34.2 Å². The molecule has 2 atom stereocenters. The minimum absolute atomic E-state index is 0.158. The highest BCUT2D eigenvalue weighted by Gasteiger charge is 2.51. The zero-order valence-corrected chi connectivity index (χ0v) is 24.8. The van der Waals surface area contributed by atoms with Crippen molar-refractivity contribution in [2.24, 2.45) is 16.2 Å². The number of ether oxygens (including phenoxy) is 3. The van der Waals surface area contributed by atoms with Gasteiger partial charge in [0, 0.05) is 22.1 Å². The summed E-state index contributed by atoms with van der Waals surface area (Å²) in [5.41, 5.74) is -1.55. The maximum absolute atomic E-state index is 14.4. The molecule has 6 nitrogen and oxygen atoms in total. The highest BCUT2D eigenvalue weighted by Crippen LogP contribution is 2.45. The van der Waals surface area contributed by atoms with Crippen molar-refractivity contribution in [2.45, 2.75) is 66.1 Å². The zero-order chi connectivity index (χ0) is 29.9. The summed E-state index contributed by atoms with van der Waals surface area (Å²) in [6, 6.07) is 29.1. The van der Waals surface area contributed by atoms with Gasteiger partial charge in [0.2, 0.25) is 6.10 Å². The summed E-state index contributed by atoms with van der Waals surface area (Å²) in [6.07, 6.45) is -0.408. The number of carbonyl (C=O) groups is 3. The van der Waals surface area contributed by atoms with E-state index in [-0.39, 0.29) is 13.0 Å². The molecule has 1 saturated heterocycles. The van der Waals surface area contributed by atoms with Crippen LogP contribution < -0.4 is 0 Å². The smallest absolute Gasteiger partial charge is 0.348 e. The minimum Gasteiger partial charge on any atom is -0.462 e. The van der Waals surface area contributed by atoms with Gasteiger partial charge in [-0.2, -0.15) is 0 Å². The highest BCUT2D eigenvalue weighted by atomic mass is 16.6. The summed E-state index contributed by atoms with van der Waals surface area (Å²) in [6.45, 7) is 11.0. The van der Waals surface area contributed by atoms with Crippen molar-refractivity contribution < 1.29 is 28.6 Å². The van der Waals surface area contributed by atoms with Gasteiger partial charge in [-0.3, -0.25) is 9.59 Å². The predicted octanol–water partition coefficient (Wildman–Crippen LogP) is 6.85. The molecule has 0 aliphatic carbocycles. The van der Waals surface area contributed by atoms with Gasteiger partial charge < -0.3 is 14.2 Å². The molecule has 0 amide bonds. The van der Waals surface area contributed by atoms with Gasteiger partial charge in [0.15, 0.2) is 5.60 Å². The lowest BCUT2D eigenvalue weighted by molar-refractivity contribution is -0.176. The van der Waals surface area contributed by atoms with E-state index < -0.39 is 45.9 Å². The molecule has 1 heterocycles. The van der Waals surface area contributed by atoms with Gasteiger partial charge in [-0.05, 0) is 33.6 Å². The third-order valence-electron chi connectivity index (χ3n) is 8.18. The van der Waals surface area contributed by atoms with Crippen LogP contribution in [0, 0.1) is 16.2 Å². The lowest BCUT2D eigenvalue weighted by Crippen LogP contribution is -2.45. The minimum atomic E-state index is -1.22. The molecule has 3 aromatic rings. The molecule has 0 saturated carbocycles. The van der Waals surface area contributed by atoms with E-state index in [0.29, 0.717) is 6.42 Å². The average Bonchev–Trinajstić information content (AvgIpc) is 3.23. The van der Waals surface area contributed by atoms with Crippen molar-refractivity contribution in [3.63, 3.8) is 0 Å². The van der Waals surface area contributed by atoms with E-state index >= 15 is 0 Å². The van der Waals surface area contributed by atoms with Crippen molar-refractivity contribution in [1.29, 1.82) is 0 Å². The Hall–Kier alpha value is -3.93. The largest absolute Gasteiger partial charge is 0.462 e. The molecule has 0 radical (unpaired) electrons. The van der Waals surface area contributed by atoms with Gasteiger partial charge in [-0.25, -0.2) is 4.79 Å². The molecular weight excluding hydrogens is 516 g/mol. The third kappa shape index (κ3) is 5.92. The summed E-state index contributed by atoms with van der Waals surface area (Å²) < 4.78 is 17.6. The number of hydrogen-bond acceptors (Lipinski definition) is 6. The average molecular weight is 557 g/mol. The quantitative estimate of drug-likeness (QED) is 0.154. The Balaban J connectivity index is 1.71. The second kappa shape index (κ2) is 11.5. The van der Waals surface area contributed by atoms with Gasteiger partial charge in [0.1, 0.15) is 6.61 Å². The molecule has 0 bridgehead atoms. The highest BCUT2D eigenvalue weighted by molar-refractivity contribution is 5.85. The van der Waals surface area contributed by atoms with Crippen LogP contribution in [0.25, 0.3) is 0 Å². The molecule has 2 unspecified atom stereocenters. The van der Waals surface area contributed by atoms with Crippen LogP contribution in [0.5, 0.6) is 0 Å². The Morgan fingerprint density at radius 1 is 0.805 bits per heavy atom. The summed E-state index contributed by atoms with van der Waals surface area (Å²) >= 11 is 0. The second-order valence-corrected chi connectivity index (χ2v) is 12.5. The predicted molar refractivity (Wildman–Crippen MR) is 157 cm³/mol. The Bertz CT molecular complexity index is 1270. The first-order valence-corrected chi connectivity index (χ1v) is 14.1. The molecule has 0 aromatic heterocycles. The maximum atomic E-state index is 14.4. The first-order valence-electron chi connectivity index (χ1n) is 14.1. The summed E-state index contributed by atoms with van der Waals surface area (Å²) in [7, 11) is 0. The molecule has 6 heteroatoms. The Morgan fingerprint density at radius 2 is 1.24 bits per heavy atom. The number of hydrogen-bond donors (Lipinski definition) is 0. The lowest BCUT2D eigenvalue weighted by atomic mass is 9.72. The molecule has 4 rings (SSSR count). The molecule has 3 aromatic carbocycles. The van der Waals surface area contributed by atoms with E-state index in [2.05, 4.69) is 0 Å². The van der Waals surface area contributed by atoms with Crippen molar-refractivity contribution >= 4 is 17.9 Å². The van der Waals surface area contributed by atoms with Crippen molar-refractivity contribution in [3.05, 3.63) is 108 Å². The number of carbonyl (C=O) groups excluding carboxylic acids is 3. The van der Waals surface area contributed by atoms with E-state index in [0.717, 1.165) is 16.7 Å². The van der Waals surface area contributed by atoms with Crippen LogP contribution in [0.3, 0.4) is 0 Å². The van der Waals surface area contributed by atoms with Crippen LogP contribution in [0.4, 0.5) is 0 Å². The topological polar surface area (TPSA) is 78.9 Å². The van der Waals surface area contributed by atoms with E-state index in [9.17, 15) is 14.4 Å². The molecule has 41 heavy (non-hydrogen) atoms. The van der Waals surface area contributed by atoms with Crippen LogP contribution in [-0.4, -0.2) is 30.6 Å². The zero-order valence-electron chi connectivity index (χ0n) is 24.8. The van der Waals surface area contributed by atoms with E-state index in [1.54, 1.807) is 13.8 Å². The monoisotopic (exact) mass is 556 g/mol. The molecule has 0 spiro atoms. The van der Waals surface area contributed by atoms with Crippen molar-refractivity contribution in [3.8, 4) is 0 Å². The molecule has 1 aliphatic heterocycles.